The Hall–Kier alpha value is -2.64. The molecule has 0 radical (unpaired) electrons. The minimum atomic E-state index is -0.660. The van der Waals surface area contributed by atoms with Gasteiger partial charge < -0.3 is 19.6 Å². The van der Waals surface area contributed by atoms with Gasteiger partial charge >= 0.3 is 0 Å². The fourth-order valence-corrected chi connectivity index (χ4v) is 4.58. The molecule has 2 aromatic rings. The molecule has 0 bridgehead atoms. The van der Waals surface area contributed by atoms with Gasteiger partial charge in [-0.1, -0.05) is 30.3 Å². The fourth-order valence-electron chi connectivity index (χ4n) is 4.19. The minimum absolute atomic E-state index is 0.107. The number of pyridine rings is 1. The summed E-state index contributed by atoms with van der Waals surface area (Å²) in [6.45, 7) is 3.71. The van der Waals surface area contributed by atoms with Gasteiger partial charge in [-0.2, -0.15) is 0 Å². The van der Waals surface area contributed by atoms with Crippen molar-refractivity contribution in [3.05, 3.63) is 88.0 Å². The zero-order valence-electron chi connectivity index (χ0n) is 18.7. The molecule has 4 rings (SSSR count). The van der Waals surface area contributed by atoms with Gasteiger partial charge in [0.1, 0.15) is 11.2 Å². The molecule has 1 aliphatic carbocycles. The molecule has 2 aliphatic rings. The van der Waals surface area contributed by atoms with E-state index < -0.39 is 6.10 Å². The highest BCUT2D eigenvalue weighted by molar-refractivity contribution is 9.10. The largest absolute Gasteiger partial charge is 0.493 e. The van der Waals surface area contributed by atoms with Gasteiger partial charge in [0.05, 0.1) is 11.9 Å². The number of aliphatic hydroxyl groups is 1. The number of ether oxygens (including phenoxy) is 1. The summed E-state index contributed by atoms with van der Waals surface area (Å²) in [7, 11) is 0. The van der Waals surface area contributed by atoms with E-state index in [-0.39, 0.29) is 5.91 Å². The lowest BCUT2D eigenvalue weighted by atomic mass is 10.1. The van der Waals surface area contributed by atoms with Crippen LogP contribution in [0.25, 0.3) is 0 Å². The van der Waals surface area contributed by atoms with Crippen molar-refractivity contribution in [1.82, 2.24) is 14.8 Å². The summed E-state index contributed by atoms with van der Waals surface area (Å²) in [6, 6.07) is 13.8. The van der Waals surface area contributed by atoms with Gasteiger partial charge in [-0.15, -0.1) is 0 Å². The summed E-state index contributed by atoms with van der Waals surface area (Å²) < 4.78 is 6.64. The van der Waals surface area contributed by atoms with E-state index in [1.54, 1.807) is 18.3 Å². The van der Waals surface area contributed by atoms with Crippen molar-refractivity contribution in [2.24, 2.45) is 0 Å². The predicted octanol–water partition coefficient (Wildman–Crippen LogP) is 4.58. The maximum absolute atomic E-state index is 12.6. The van der Waals surface area contributed by atoms with E-state index in [0.717, 1.165) is 37.3 Å². The van der Waals surface area contributed by atoms with Crippen LogP contribution in [0.5, 0.6) is 0 Å². The van der Waals surface area contributed by atoms with E-state index in [1.807, 2.05) is 23.1 Å². The Kier molecular flexibility index (Phi) is 8.18. The maximum Gasteiger partial charge on any atom is 0.222 e. The molecule has 1 unspecified atom stereocenters. The van der Waals surface area contributed by atoms with Crippen molar-refractivity contribution in [3.8, 4) is 0 Å². The molecule has 1 aromatic carbocycles. The van der Waals surface area contributed by atoms with Crippen molar-refractivity contribution >= 4 is 21.8 Å². The van der Waals surface area contributed by atoms with E-state index in [1.165, 1.54) is 11.3 Å². The first-order valence-corrected chi connectivity index (χ1v) is 12.3. The second-order valence-electron chi connectivity index (χ2n) is 8.40. The van der Waals surface area contributed by atoms with Crippen LogP contribution >= 0.6 is 15.9 Å². The maximum atomic E-state index is 12.6. The van der Waals surface area contributed by atoms with Crippen LogP contribution in [0.3, 0.4) is 0 Å². The number of carbonyl (C=O) groups excluding carboxylic acids is 1. The summed E-state index contributed by atoms with van der Waals surface area (Å²) in [4.78, 5) is 21.0. The third-order valence-electron chi connectivity index (χ3n) is 6.16. The first-order valence-electron chi connectivity index (χ1n) is 11.5. The van der Waals surface area contributed by atoms with Gasteiger partial charge in [0.2, 0.25) is 5.91 Å². The van der Waals surface area contributed by atoms with Crippen LogP contribution in [0.2, 0.25) is 0 Å². The average molecular weight is 512 g/mol. The highest BCUT2D eigenvalue weighted by Crippen LogP contribution is 2.25. The topological polar surface area (TPSA) is 65.9 Å². The van der Waals surface area contributed by atoms with Crippen LogP contribution < -0.4 is 0 Å². The number of hydrogen-bond donors (Lipinski definition) is 1. The lowest BCUT2D eigenvalue weighted by Crippen LogP contribution is -2.48. The van der Waals surface area contributed by atoms with Crippen molar-refractivity contribution in [2.75, 3.05) is 26.2 Å². The molecular weight excluding hydrogens is 482 g/mol. The van der Waals surface area contributed by atoms with Crippen LogP contribution in [0.15, 0.2) is 76.9 Å². The Labute approximate surface area is 203 Å². The summed E-state index contributed by atoms with van der Waals surface area (Å²) in [6.07, 6.45) is 7.85. The lowest BCUT2D eigenvalue weighted by Gasteiger charge is -2.38. The molecule has 1 fully saturated rings. The number of carbonyl (C=O) groups is 1. The molecule has 2 heterocycles. The molecule has 6 nitrogen and oxygen atoms in total. The van der Waals surface area contributed by atoms with E-state index in [0.29, 0.717) is 37.1 Å². The van der Waals surface area contributed by atoms with Gasteiger partial charge in [-0.05, 0) is 64.2 Å². The third-order valence-corrected chi connectivity index (χ3v) is 6.60. The van der Waals surface area contributed by atoms with Crippen molar-refractivity contribution in [2.45, 2.75) is 38.4 Å². The van der Waals surface area contributed by atoms with Gasteiger partial charge in [0.25, 0.3) is 0 Å². The molecule has 7 heteroatoms. The number of benzene rings is 1. The molecule has 174 valence electrons. The number of piperazine rings is 1. The average Bonchev–Trinajstić information content (AvgIpc) is 2.87. The number of halogens is 1. The number of amides is 1. The van der Waals surface area contributed by atoms with Gasteiger partial charge in [0.15, 0.2) is 0 Å². The molecule has 1 amide bonds. The number of rotatable bonds is 8. The van der Waals surface area contributed by atoms with Crippen LogP contribution in [0.4, 0.5) is 0 Å². The Morgan fingerprint density at radius 2 is 1.88 bits per heavy atom. The number of aromatic nitrogens is 1. The zero-order valence-corrected chi connectivity index (χ0v) is 20.3. The van der Waals surface area contributed by atoms with E-state index in [2.05, 4.69) is 50.1 Å². The quantitative estimate of drug-likeness (QED) is 0.525. The molecular formula is C26H30BrN3O3. The Morgan fingerprint density at radius 3 is 2.58 bits per heavy atom. The fraction of sp³-hybridized carbons (Fsp3) is 0.385. The molecule has 1 aliphatic heterocycles. The molecule has 1 N–H and O–H groups in total. The van der Waals surface area contributed by atoms with Gasteiger partial charge in [-0.25, -0.2) is 4.98 Å². The SMILES string of the molecule is O=C(CCC(O)c1ccnc(Br)c1)N1CCN(C2=CC=C(OCc3ccccc3)CC2)CC1. The van der Waals surface area contributed by atoms with Crippen LogP contribution in [0.1, 0.15) is 42.9 Å². The predicted molar refractivity (Wildman–Crippen MR) is 131 cm³/mol. The number of hydrogen-bond acceptors (Lipinski definition) is 5. The van der Waals surface area contributed by atoms with Crippen molar-refractivity contribution < 1.29 is 14.6 Å². The molecule has 33 heavy (non-hydrogen) atoms. The Morgan fingerprint density at radius 1 is 1.09 bits per heavy atom. The van der Waals surface area contributed by atoms with Gasteiger partial charge in [0, 0.05) is 50.9 Å². The first kappa shape index (κ1) is 23.5. The van der Waals surface area contributed by atoms with Gasteiger partial charge in [-0.3, -0.25) is 4.79 Å². The van der Waals surface area contributed by atoms with Crippen LogP contribution in [0, 0.1) is 0 Å². The molecule has 1 atom stereocenters. The summed E-state index contributed by atoms with van der Waals surface area (Å²) in [5, 5.41) is 10.4. The first-order chi connectivity index (χ1) is 16.1. The minimum Gasteiger partial charge on any atom is -0.493 e. The Balaban J connectivity index is 1.20. The summed E-state index contributed by atoms with van der Waals surface area (Å²) in [5.74, 6) is 1.13. The molecule has 0 saturated carbocycles. The zero-order chi connectivity index (χ0) is 23.0. The third kappa shape index (κ3) is 6.68. The molecule has 0 spiro atoms. The van der Waals surface area contributed by atoms with Crippen LogP contribution in [-0.4, -0.2) is 52.0 Å². The number of aliphatic hydroxyl groups excluding tert-OH is 1. The second kappa shape index (κ2) is 11.5. The highest BCUT2D eigenvalue weighted by atomic mass is 79.9. The lowest BCUT2D eigenvalue weighted by molar-refractivity contribution is -0.133. The van der Waals surface area contributed by atoms with E-state index >= 15 is 0 Å². The number of allylic oxidation sites excluding steroid dienone is 4. The normalized spacial score (nSPS) is 17.3. The van der Waals surface area contributed by atoms with E-state index in [9.17, 15) is 9.90 Å². The molecule has 1 saturated heterocycles. The van der Waals surface area contributed by atoms with Crippen LogP contribution in [-0.2, 0) is 16.1 Å². The standard InChI is InChI=1S/C26H30BrN3O3/c27-25-18-21(12-13-28-25)24(31)10-11-26(32)30-16-14-29(15-17-30)22-6-8-23(9-7-22)33-19-20-4-2-1-3-5-20/h1-6,8,12-13,18,24,31H,7,9-11,14-17,19H2. The monoisotopic (exact) mass is 511 g/mol. The molecule has 1 aromatic heterocycles. The highest BCUT2D eigenvalue weighted by Gasteiger charge is 2.24. The smallest absolute Gasteiger partial charge is 0.222 e. The number of nitrogens with zero attached hydrogens (tertiary/aromatic N) is 3. The van der Waals surface area contributed by atoms with Crippen molar-refractivity contribution in [3.63, 3.8) is 0 Å². The Bertz CT molecular complexity index is 1000. The van der Waals surface area contributed by atoms with Crippen molar-refractivity contribution in [1.29, 1.82) is 0 Å². The summed E-state index contributed by atoms with van der Waals surface area (Å²) >= 11 is 3.31. The summed E-state index contributed by atoms with van der Waals surface area (Å²) in [5.41, 5.74) is 3.27. The second-order valence-corrected chi connectivity index (χ2v) is 9.21. The van der Waals surface area contributed by atoms with E-state index in [4.69, 9.17) is 4.74 Å².